The number of aromatic nitrogens is 2. The molecule has 0 bridgehead atoms. The molecule has 0 saturated heterocycles. The predicted molar refractivity (Wildman–Crippen MR) is 84.0 cm³/mol. The Hall–Kier alpha value is -2.54. The number of amides is 1. The summed E-state index contributed by atoms with van der Waals surface area (Å²) < 4.78 is 0. The molecule has 1 saturated carbocycles. The van der Waals surface area contributed by atoms with E-state index in [0.29, 0.717) is 16.5 Å². The average molecular weight is 346 g/mol. The lowest BCUT2D eigenvalue weighted by Gasteiger charge is -2.03. The van der Waals surface area contributed by atoms with Crippen molar-refractivity contribution in [1.29, 1.82) is 10.5 Å². The second-order valence-corrected chi connectivity index (χ2v) is 5.96. The molecule has 1 heterocycles. The van der Waals surface area contributed by atoms with Crippen molar-refractivity contribution in [3.05, 3.63) is 45.2 Å². The predicted octanol–water partition coefficient (Wildman–Crippen LogP) is 3.20. The molecular formula is C15H9Cl2N5O. The molecule has 2 atom stereocenters. The van der Waals surface area contributed by atoms with E-state index < -0.39 is 0 Å². The van der Waals surface area contributed by atoms with Gasteiger partial charge in [-0.3, -0.25) is 10.1 Å². The number of nitrogens with one attached hydrogen (secondary N) is 2. The molecular weight excluding hydrogens is 337 g/mol. The highest BCUT2D eigenvalue weighted by molar-refractivity contribution is 6.42. The topological polar surface area (TPSA) is 105 Å². The van der Waals surface area contributed by atoms with E-state index in [2.05, 4.69) is 15.3 Å². The Kier molecular flexibility index (Phi) is 3.96. The van der Waals surface area contributed by atoms with Crippen molar-refractivity contribution in [2.45, 2.75) is 12.3 Å². The third-order valence-corrected chi connectivity index (χ3v) is 4.40. The molecule has 0 aliphatic heterocycles. The molecule has 3 rings (SSSR count). The van der Waals surface area contributed by atoms with E-state index in [0.717, 1.165) is 5.56 Å². The molecule has 2 aromatic rings. The van der Waals surface area contributed by atoms with Gasteiger partial charge >= 0.3 is 0 Å². The monoisotopic (exact) mass is 345 g/mol. The van der Waals surface area contributed by atoms with Crippen molar-refractivity contribution < 1.29 is 4.79 Å². The summed E-state index contributed by atoms with van der Waals surface area (Å²) in [7, 11) is 0. The summed E-state index contributed by atoms with van der Waals surface area (Å²) in [5.41, 5.74) is 0.939. The first kappa shape index (κ1) is 15.4. The van der Waals surface area contributed by atoms with Gasteiger partial charge in [-0.15, -0.1) is 0 Å². The van der Waals surface area contributed by atoms with Crippen LogP contribution in [0.25, 0.3) is 0 Å². The van der Waals surface area contributed by atoms with Crippen molar-refractivity contribution in [2.75, 3.05) is 5.32 Å². The maximum absolute atomic E-state index is 12.2. The summed E-state index contributed by atoms with van der Waals surface area (Å²) in [6.45, 7) is 0. The third kappa shape index (κ3) is 3.00. The van der Waals surface area contributed by atoms with Gasteiger partial charge in [0.1, 0.15) is 12.1 Å². The van der Waals surface area contributed by atoms with Crippen LogP contribution >= 0.6 is 23.2 Å². The van der Waals surface area contributed by atoms with E-state index in [9.17, 15) is 4.79 Å². The fourth-order valence-electron chi connectivity index (χ4n) is 2.40. The second kappa shape index (κ2) is 5.92. The summed E-state index contributed by atoms with van der Waals surface area (Å²) in [5.74, 6) is -0.245. The fourth-order valence-corrected chi connectivity index (χ4v) is 2.71. The highest BCUT2D eigenvalue weighted by Crippen LogP contribution is 2.48. The number of aromatic amines is 1. The van der Waals surface area contributed by atoms with Crippen LogP contribution in [-0.2, 0) is 4.79 Å². The number of nitrogens with zero attached hydrogens (tertiary/aromatic N) is 3. The van der Waals surface area contributed by atoms with E-state index in [1.54, 1.807) is 18.2 Å². The molecule has 1 aliphatic rings. The van der Waals surface area contributed by atoms with Gasteiger partial charge < -0.3 is 4.98 Å². The Balaban J connectivity index is 1.69. The van der Waals surface area contributed by atoms with Crippen molar-refractivity contribution in [3.8, 4) is 12.1 Å². The minimum atomic E-state index is -0.219. The SMILES string of the molecule is N#Cc1nc(NC(=O)[C@@H]2C[C@H]2c2ccc(Cl)c(Cl)c2)[nH]c1C#N. The Morgan fingerprint density at radius 3 is 2.70 bits per heavy atom. The van der Waals surface area contributed by atoms with Crippen molar-refractivity contribution in [1.82, 2.24) is 9.97 Å². The zero-order valence-electron chi connectivity index (χ0n) is 11.6. The lowest BCUT2D eigenvalue weighted by Crippen LogP contribution is -2.15. The number of halogens is 2. The van der Waals surface area contributed by atoms with Gasteiger partial charge in [0.25, 0.3) is 0 Å². The molecule has 1 aromatic heterocycles. The van der Waals surface area contributed by atoms with Gasteiger partial charge in [-0.2, -0.15) is 10.5 Å². The largest absolute Gasteiger partial charge is 0.314 e. The maximum atomic E-state index is 12.2. The first-order valence-corrected chi connectivity index (χ1v) is 7.45. The van der Waals surface area contributed by atoms with Gasteiger partial charge in [0, 0.05) is 5.92 Å². The number of rotatable bonds is 3. The first-order valence-electron chi connectivity index (χ1n) is 6.69. The molecule has 1 fully saturated rings. The van der Waals surface area contributed by atoms with E-state index in [1.165, 1.54) is 0 Å². The Bertz CT molecular complexity index is 845. The first-order chi connectivity index (χ1) is 11.0. The Morgan fingerprint density at radius 1 is 1.30 bits per heavy atom. The summed E-state index contributed by atoms with van der Waals surface area (Å²) in [5, 5.41) is 21.2. The molecule has 23 heavy (non-hydrogen) atoms. The lowest BCUT2D eigenvalue weighted by molar-refractivity contribution is -0.117. The Morgan fingerprint density at radius 2 is 2.09 bits per heavy atom. The maximum Gasteiger partial charge on any atom is 0.230 e. The van der Waals surface area contributed by atoms with Crippen molar-refractivity contribution in [2.24, 2.45) is 5.92 Å². The summed E-state index contributed by atoms with van der Waals surface area (Å²) >= 11 is 11.9. The van der Waals surface area contributed by atoms with Crippen molar-refractivity contribution in [3.63, 3.8) is 0 Å². The van der Waals surface area contributed by atoms with Crippen LogP contribution in [0.5, 0.6) is 0 Å². The van der Waals surface area contributed by atoms with Gasteiger partial charge in [0.2, 0.25) is 11.9 Å². The van der Waals surface area contributed by atoms with Gasteiger partial charge in [0.05, 0.1) is 10.0 Å². The number of imidazole rings is 1. The van der Waals surface area contributed by atoms with Crippen LogP contribution in [0.1, 0.15) is 29.3 Å². The number of carbonyl (C=O) groups excluding carboxylic acids is 1. The zero-order valence-corrected chi connectivity index (χ0v) is 13.1. The highest BCUT2D eigenvalue weighted by atomic mass is 35.5. The molecule has 2 N–H and O–H groups in total. The number of benzene rings is 1. The normalized spacial score (nSPS) is 18.8. The van der Waals surface area contributed by atoms with Gasteiger partial charge in [0.15, 0.2) is 11.4 Å². The van der Waals surface area contributed by atoms with Gasteiger partial charge in [-0.1, -0.05) is 29.3 Å². The molecule has 114 valence electrons. The van der Waals surface area contributed by atoms with Crippen LogP contribution in [0.4, 0.5) is 5.95 Å². The summed E-state index contributed by atoms with van der Waals surface area (Å²) in [6.07, 6.45) is 0.695. The molecule has 1 amide bonds. The van der Waals surface area contributed by atoms with Gasteiger partial charge in [-0.25, -0.2) is 4.98 Å². The number of anilines is 1. The second-order valence-electron chi connectivity index (χ2n) is 5.14. The quantitative estimate of drug-likeness (QED) is 0.890. The lowest BCUT2D eigenvalue weighted by atomic mass is 10.1. The molecule has 0 spiro atoms. The Labute approximate surface area is 141 Å². The summed E-state index contributed by atoms with van der Waals surface area (Å²) in [6, 6.07) is 8.91. The van der Waals surface area contributed by atoms with E-state index in [-0.39, 0.29) is 35.1 Å². The van der Waals surface area contributed by atoms with Crippen LogP contribution in [0.15, 0.2) is 18.2 Å². The van der Waals surface area contributed by atoms with Crippen LogP contribution in [0, 0.1) is 28.6 Å². The highest BCUT2D eigenvalue weighted by Gasteiger charge is 2.44. The molecule has 6 nitrogen and oxygen atoms in total. The molecule has 8 heteroatoms. The van der Waals surface area contributed by atoms with E-state index in [4.69, 9.17) is 33.7 Å². The minimum Gasteiger partial charge on any atom is -0.314 e. The van der Waals surface area contributed by atoms with Crippen LogP contribution < -0.4 is 5.32 Å². The van der Waals surface area contributed by atoms with E-state index >= 15 is 0 Å². The van der Waals surface area contributed by atoms with Crippen LogP contribution in [-0.4, -0.2) is 15.9 Å². The van der Waals surface area contributed by atoms with Crippen LogP contribution in [0.3, 0.4) is 0 Å². The number of H-pyrrole nitrogens is 1. The number of carbonyl (C=O) groups is 1. The minimum absolute atomic E-state index is 0.0274. The average Bonchev–Trinajstić information content (AvgIpc) is 3.24. The molecule has 1 aromatic carbocycles. The van der Waals surface area contributed by atoms with Crippen molar-refractivity contribution >= 4 is 35.1 Å². The van der Waals surface area contributed by atoms with Crippen LogP contribution in [0.2, 0.25) is 10.0 Å². The van der Waals surface area contributed by atoms with E-state index in [1.807, 2.05) is 12.1 Å². The zero-order chi connectivity index (χ0) is 16.6. The third-order valence-electron chi connectivity index (χ3n) is 3.66. The van der Waals surface area contributed by atoms with Gasteiger partial charge in [-0.05, 0) is 30.0 Å². The molecule has 0 radical (unpaired) electrons. The number of hydrogen-bond acceptors (Lipinski definition) is 4. The number of nitriles is 2. The molecule has 1 aliphatic carbocycles. The smallest absolute Gasteiger partial charge is 0.230 e. The number of hydrogen-bond donors (Lipinski definition) is 2. The standard InChI is InChI=1S/C15H9Cl2N5O/c16-10-2-1-7(3-11(10)17)8-4-9(8)14(23)22-15-20-12(5-18)13(6-19)21-15/h1-3,8-9H,4H2,(H2,20,21,22,23)/t8-,9+/m0/s1. The fraction of sp³-hybridized carbons (Fsp3) is 0.200. The molecule has 0 unspecified atom stereocenters. The summed E-state index contributed by atoms with van der Waals surface area (Å²) in [4.78, 5) is 18.7.